The van der Waals surface area contributed by atoms with Crippen LogP contribution in [-0.4, -0.2) is 20.7 Å². The van der Waals surface area contributed by atoms with Gasteiger partial charge in [0.2, 0.25) is 11.6 Å². The fourth-order valence-corrected chi connectivity index (χ4v) is 4.22. The molecule has 1 atom stereocenters. The first-order valence-electron chi connectivity index (χ1n) is 11.3. The van der Waals surface area contributed by atoms with Crippen molar-refractivity contribution in [2.24, 2.45) is 0 Å². The predicted octanol–water partition coefficient (Wildman–Crippen LogP) is 7.35. The van der Waals surface area contributed by atoms with Crippen molar-refractivity contribution in [3.63, 3.8) is 0 Å². The van der Waals surface area contributed by atoms with Gasteiger partial charge in [0.25, 0.3) is 0 Å². The Kier molecular flexibility index (Phi) is 7.86. The first kappa shape index (κ1) is 26.5. The number of rotatable bonds is 8. The number of nitriles is 1. The first-order chi connectivity index (χ1) is 18.2. The lowest BCUT2D eigenvalue weighted by atomic mass is 9.91. The number of anilines is 4. The number of aromatic nitrogens is 2. The molecule has 9 nitrogen and oxygen atoms in total. The number of ketones is 1. The molecule has 11 heteroatoms. The average molecular weight is 547 g/mol. The van der Waals surface area contributed by atoms with Crippen LogP contribution >= 0.6 is 23.2 Å². The van der Waals surface area contributed by atoms with Crippen LogP contribution in [0.4, 0.5) is 28.7 Å². The van der Waals surface area contributed by atoms with Gasteiger partial charge in [-0.2, -0.15) is 5.26 Å². The highest BCUT2D eigenvalue weighted by molar-refractivity contribution is 6.32. The van der Waals surface area contributed by atoms with Gasteiger partial charge in [0.15, 0.2) is 5.78 Å². The quantitative estimate of drug-likeness (QED) is 0.133. The van der Waals surface area contributed by atoms with Gasteiger partial charge in [-0.15, -0.1) is 0 Å². The number of carbonyl (C=O) groups excluding carboxylic acids is 1. The minimum atomic E-state index is -0.633. The van der Waals surface area contributed by atoms with Crippen LogP contribution in [0, 0.1) is 28.4 Å². The highest BCUT2D eigenvalue weighted by Gasteiger charge is 2.25. The van der Waals surface area contributed by atoms with Gasteiger partial charge < -0.3 is 10.6 Å². The number of aryl methyl sites for hydroxylation is 1. The molecule has 0 saturated heterocycles. The van der Waals surface area contributed by atoms with Gasteiger partial charge in [0.1, 0.15) is 6.33 Å². The third-order valence-corrected chi connectivity index (χ3v) is 6.38. The van der Waals surface area contributed by atoms with Crippen molar-refractivity contribution in [2.75, 3.05) is 10.6 Å². The van der Waals surface area contributed by atoms with E-state index in [1.54, 1.807) is 67.6 Å². The second kappa shape index (κ2) is 11.3. The smallest absolute Gasteiger partial charge is 0.334 e. The highest BCUT2D eigenvalue weighted by atomic mass is 35.5. The predicted molar refractivity (Wildman–Crippen MR) is 147 cm³/mol. The normalized spacial score (nSPS) is 11.3. The van der Waals surface area contributed by atoms with Crippen molar-refractivity contribution in [3.05, 3.63) is 109 Å². The van der Waals surface area contributed by atoms with Crippen molar-refractivity contribution in [1.29, 1.82) is 5.26 Å². The first-order valence-corrected chi connectivity index (χ1v) is 12.0. The molecule has 0 radical (unpaired) electrons. The van der Waals surface area contributed by atoms with Crippen molar-refractivity contribution < 1.29 is 9.72 Å². The zero-order chi connectivity index (χ0) is 27.4. The summed E-state index contributed by atoms with van der Waals surface area (Å²) in [5.74, 6) is -0.804. The van der Waals surface area contributed by atoms with Crippen LogP contribution in [0.1, 0.15) is 39.9 Å². The van der Waals surface area contributed by atoms with E-state index < -0.39 is 10.8 Å². The summed E-state index contributed by atoms with van der Waals surface area (Å²) in [5.41, 5.74) is 3.15. The molecule has 1 unspecified atom stereocenters. The van der Waals surface area contributed by atoms with E-state index >= 15 is 0 Å². The van der Waals surface area contributed by atoms with E-state index in [9.17, 15) is 20.2 Å². The van der Waals surface area contributed by atoms with E-state index in [2.05, 4.69) is 26.7 Å². The third kappa shape index (κ3) is 5.72. The number of nitrogens with one attached hydrogen (secondary N) is 2. The summed E-state index contributed by atoms with van der Waals surface area (Å²) in [6, 6.07) is 19.1. The average Bonchev–Trinajstić information content (AvgIpc) is 2.88. The topological polar surface area (TPSA) is 134 Å². The Morgan fingerprint density at radius 2 is 1.66 bits per heavy atom. The number of carbonyl (C=O) groups is 1. The lowest BCUT2D eigenvalue weighted by molar-refractivity contribution is -0.383. The van der Waals surface area contributed by atoms with Crippen LogP contribution in [0.25, 0.3) is 0 Å². The summed E-state index contributed by atoms with van der Waals surface area (Å²) in [5, 5.41) is 28.6. The SMILES string of the molecule is CC(=O)c1ccc(Nc2ncnc(Nc3cc(Cl)c(C(C#N)c4ccc(Cl)cc4)cc3C)c2[N+](=O)[O-])cc1. The van der Waals surface area contributed by atoms with Crippen LogP contribution in [0.3, 0.4) is 0 Å². The molecule has 0 amide bonds. The Morgan fingerprint density at radius 3 is 2.24 bits per heavy atom. The fourth-order valence-electron chi connectivity index (χ4n) is 3.83. The summed E-state index contributed by atoms with van der Waals surface area (Å²) in [7, 11) is 0. The number of benzene rings is 3. The second-order valence-corrected chi connectivity index (χ2v) is 9.21. The molecule has 0 aliphatic rings. The van der Waals surface area contributed by atoms with Gasteiger partial charge in [-0.05, 0) is 73.0 Å². The lowest BCUT2D eigenvalue weighted by Crippen LogP contribution is -2.07. The van der Waals surface area contributed by atoms with Gasteiger partial charge in [-0.3, -0.25) is 14.9 Å². The maximum absolute atomic E-state index is 12.0. The molecule has 0 spiro atoms. The molecule has 1 aromatic heterocycles. The van der Waals surface area contributed by atoms with Gasteiger partial charge in [0.05, 0.1) is 16.9 Å². The molecule has 2 N–H and O–H groups in total. The summed E-state index contributed by atoms with van der Waals surface area (Å²) in [4.78, 5) is 31.1. The largest absolute Gasteiger partial charge is 0.353 e. The molecule has 4 rings (SSSR count). The van der Waals surface area contributed by atoms with E-state index in [4.69, 9.17) is 23.2 Å². The Morgan fingerprint density at radius 1 is 1.03 bits per heavy atom. The second-order valence-electron chi connectivity index (χ2n) is 8.36. The van der Waals surface area contributed by atoms with Crippen LogP contribution in [0.15, 0.2) is 67.0 Å². The molecule has 0 aliphatic heterocycles. The molecule has 0 bridgehead atoms. The fraction of sp³-hybridized carbons (Fsp3) is 0.111. The monoisotopic (exact) mass is 546 g/mol. The van der Waals surface area contributed by atoms with Crippen LogP contribution in [-0.2, 0) is 0 Å². The van der Waals surface area contributed by atoms with E-state index in [1.165, 1.54) is 13.3 Å². The molecular weight excluding hydrogens is 527 g/mol. The molecule has 0 aliphatic carbocycles. The van der Waals surface area contributed by atoms with Gasteiger partial charge in [0, 0.05) is 27.0 Å². The van der Waals surface area contributed by atoms with Crippen molar-refractivity contribution in [1.82, 2.24) is 9.97 Å². The number of hydrogen-bond acceptors (Lipinski definition) is 8. The Bertz CT molecular complexity index is 1570. The van der Waals surface area contributed by atoms with Crippen molar-refractivity contribution >= 4 is 57.7 Å². The molecule has 4 aromatic rings. The zero-order valence-corrected chi connectivity index (χ0v) is 21.7. The molecular formula is C27H20Cl2N6O3. The molecule has 3 aromatic carbocycles. The van der Waals surface area contributed by atoms with Crippen LogP contribution in [0.5, 0.6) is 0 Å². The van der Waals surface area contributed by atoms with E-state index in [0.717, 1.165) is 5.56 Å². The molecule has 1 heterocycles. The molecule has 0 fully saturated rings. The van der Waals surface area contributed by atoms with Crippen molar-refractivity contribution in [2.45, 2.75) is 19.8 Å². The Balaban J connectivity index is 1.66. The third-order valence-electron chi connectivity index (χ3n) is 5.80. The summed E-state index contributed by atoms with van der Waals surface area (Å²) < 4.78 is 0. The number of hydrogen-bond donors (Lipinski definition) is 2. The summed E-state index contributed by atoms with van der Waals surface area (Å²) >= 11 is 12.6. The van der Waals surface area contributed by atoms with E-state index in [0.29, 0.717) is 38.1 Å². The molecule has 190 valence electrons. The van der Waals surface area contributed by atoms with E-state index in [1.807, 2.05) is 0 Å². The summed E-state index contributed by atoms with van der Waals surface area (Å²) in [6.45, 7) is 3.25. The van der Waals surface area contributed by atoms with Crippen LogP contribution < -0.4 is 10.6 Å². The van der Waals surface area contributed by atoms with Gasteiger partial charge >= 0.3 is 5.69 Å². The maximum atomic E-state index is 12.0. The lowest BCUT2D eigenvalue weighted by Gasteiger charge is -2.17. The minimum absolute atomic E-state index is 0.0317. The van der Waals surface area contributed by atoms with Gasteiger partial charge in [-0.1, -0.05) is 41.4 Å². The maximum Gasteiger partial charge on any atom is 0.353 e. The molecule has 0 saturated carbocycles. The molecule has 38 heavy (non-hydrogen) atoms. The standard InChI is InChI=1S/C27H20Cl2N6O3/c1-15-11-21(22(13-30)18-3-7-19(28)8-4-18)23(29)12-24(15)34-27-25(35(37)38)26(31-14-32-27)33-20-9-5-17(6-10-20)16(2)36/h3-12,14,22H,1-2H3,(H2,31,32,33,34). The van der Waals surface area contributed by atoms with Crippen LogP contribution in [0.2, 0.25) is 10.0 Å². The Labute approximate surface area is 228 Å². The summed E-state index contributed by atoms with van der Waals surface area (Å²) in [6.07, 6.45) is 1.19. The van der Waals surface area contributed by atoms with E-state index in [-0.39, 0.29) is 23.1 Å². The zero-order valence-electron chi connectivity index (χ0n) is 20.2. The number of nitro groups is 1. The van der Waals surface area contributed by atoms with Crippen molar-refractivity contribution in [3.8, 4) is 6.07 Å². The Hall–Kier alpha value is -4.52. The number of halogens is 2. The highest BCUT2D eigenvalue weighted by Crippen LogP contribution is 2.38. The number of Topliss-reactive ketones (excluding diaryl/α,β-unsaturated/α-hetero) is 1. The minimum Gasteiger partial charge on any atom is -0.334 e. The van der Waals surface area contributed by atoms with Gasteiger partial charge in [-0.25, -0.2) is 9.97 Å². The number of nitrogens with zero attached hydrogens (tertiary/aromatic N) is 4.